The molecule has 0 aliphatic carbocycles. The molecule has 1 N–H and O–H groups in total. The van der Waals surface area contributed by atoms with Crippen LogP contribution in [-0.2, 0) is 11.3 Å². The standard InChI is InChI=1S/C11H9ClFNO2/c1-16-5-6-4-9(15)7-2-3-8(12)10(13)11(7)14-6/h2-4H,5H2,1H3,(H,14,15). The van der Waals surface area contributed by atoms with Crippen LogP contribution < -0.4 is 5.43 Å². The van der Waals surface area contributed by atoms with E-state index in [2.05, 4.69) is 4.98 Å². The van der Waals surface area contributed by atoms with Gasteiger partial charge in [-0.25, -0.2) is 4.39 Å². The number of hydrogen-bond donors (Lipinski definition) is 1. The summed E-state index contributed by atoms with van der Waals surface area (Å²) in [6, 6.07) is 4.25. The molecule has 2 rings (SSSR count). The number of rotatable bonds is 2. The summed E-state index contributed by atoms with van der Waals surface area (Å²) >= 11 is 5.64. The number of pyridine rings is 1. The average Bonchev–Trinajstić information content (AvgIpc) is 2.25. The van der Waals surface area contributed by atoms with Gasteiger partial charge in [0.2, 0.25) is 0 Å². The van der Waals surface area contributed by atoms with Gasteiger partial charge in [0.15, 0.2) is 11.2 Å². The molecule has 3 nitrogen and oxygen atoms in total. The zero-order valence-corrected chi connectivity index (χ0v) is 9.27. The number of hydrogen-bond acceptors (Lipinski definition) is 2. The van der Waals surface area contributed by atoms with Crippen molar-refractivity contribution in [1.82, 2.24) is 4.98 Å². The second kappa shape index (κ2) is 4.23. The Morgan fingerprint density at radius 3 is 2.94 bits per heavy atom. The Labute approximate surface area is 95.8 Å². The van der Waals surface area contributed by atoms with Gasteiger partial charge in [0.05, 0.1) is 17.1 Å². The normalized spacial score (nSPS) is 10.9. The molecule has 0 spiro atoms. The van der Waals surface area contributed by atoms with E-state index in [1.165, 1.54) is 25.3 Å². The molecule has 0 fully saturated rings. The second-order valence-electron chi connectivity index (χ2n) is 3.38. The van der Waals surface area contributed by atoms with Crippen molar-refractivity contribution in [2.24, 2.45) is 0 Å². The summed E-state index contributed by atoms with van der Waals surface area (Å²) in [4.78, 5) is 14.4. The van der Waals surface area contributed by atoms with Gasteiger partial charge < -0.3 is 9.72 Å². The van der Waals surface area contributed by atoms with Crippen LogP contribution in [0.25, 0.3) is 10.9 Å². The minimum atomic E-state index is -0.616. The first-order chi connectivity index (χ1) is 7.63. The Hall–Kier alpha value is -1.39. The van der Waals surface area contributed by atoms with E-state index in [9.17, 15) is 9.18 Å². The van der Waals surface area contributed by atoms with Crippen LogP contribution in [0.1, 0.15) is 5.69 Å². The van der Waals surface area contributed by atoms with Crippen molar-refractivity contribution >= 4 is 22.5 Å². The molecule has 0 saturated heterocycles. The summed E-state index contributed by atoms with van der Waals surface area (Å²) in [5, 5.41) is 0.263. The zero-order chi connectivity index (χ0) is 11.7. The Kier molecular flexibility index (Phi) is 2.94. The highest BCUT2D eigenvalue weighted by atomic mass is 35.5. The van der Waals surface area contributed by atoms with Crippen LogP contribution in [0.4, 0.5) is 4.39 Å². The molecular weight excluding hydrogens is 233 g/mol. The van der Waals surface area contributed by atoms with Crippen LogP contribution in [0.3, 0.4) is 0 Å². The molecule has 5 heteroatoms. The Morgan fingerprint density at radius 1 is 1.50 bits per heavy atom. The SMILES string of the molecule is COCc1cc(=O)c2ccc(Cl)c(F)c2[nH]1. The first-order valence-corrected chi connectivity index (χ1v) is 5.00. The number of benzene rings is 1. The molecule has 0 aliphatic heterocycles. The number of H-pyrrole nitrogens is 1. The maximum absolute atomic E-state index is 13.7. The Balaban J connectivity index is 2.78. The minimum Gasteiger partial charge on any atom is -0.378 e. The lowest BCUT2D eigenvalue weighted by molar-refractivity contribution is 0.181. The molecule has 0 atom stereocenters. The third-order valence-electron chi connectivity index (χ3n) is 2.25. The molecule has 0 aliphatic rings. The molecule has 0 amide bonds. The largest absolute Gasteiger partial charge is 0.378 e. The van der Waals surface area contributed by atoms with E-state index in [4.69, 9.17) is 16.3 Å². The van der Waals surface area contributed by atoms with E-state index in [1.807, 2.05) is 0 Å². The van der Waals surface area contributed by atoms with Gasteiger partial charge in [-0.15, -0.1) is 0 Å². The summed E-state index contributed by atoms with van der Waals surface area (Å²) in [5.74, 6) is -0.616. The zero-order valence-electron chi connectivity index (χ0n) is 8.51. The van der Waals surface area contributed by atoms with E-state index in [0.29, 0.717) is 5.69 Å². The second-order valence-corrected chi connectivity index (χ2v) is 3.78. The van der Waals surface area contributed by atoms with Crippen LogP contribution >= 0.6 is 11.6 Å². The van der Waals surface area contributed by atoms with Gasteiger partial charge in [-0.3, -0.25) is 4.79 Å². The molecular formula is C11H9ClFNO2. The molecule has 1 heterocycles. The van der Waals surface area contributed by atoms with Crippen LogP contribution in [-0.4, -0.2) is 12.1 Å². The number of nitrogens with one attached hydrogen (secondary N) is 1. The summed E-state index contributed by atoms with van der Waals surface area (Å²) in [6.07, 6.45) is 0. The van der Waals surface area contributed by atoms with Gasteiger partial charge in [0.25, 0.3) is 0 Å². The fraction of sp³-hybridized carbons (Fsp3) is 0.182. The molecule has 0 saturated carbocycles. The monoisotopic (exact) mass is 241 g/mol. The van der Waals surface area contributed by atoms with Crippen LogP contribution in [0.2, 0.25) is 5.02 Å². The summed E-state index contributed by atoms with van der Waals surface area (Å²) < 4.78 is 18.5. The number of aromatic amines is 1. The van der Waals surface area contributed by atoms with Gasteiger partial charge in [-0.2, -0.15) is 0 Å². The lowest BCUT2D eigenvalue weighted by atomic mass is 10.2. The van der Waals surface area contributed by atoms with Gasteiger partial charge in [0, 0.05) is 24.3 Å². The lowest BCUT2D eigenvalue weighted by Crippen LogP contribution is -2.07. The van der Waals surface area contributed by atoms with Crippen molar-refractivity contribution in [3.8, 4) is 0 Å². The van der Waals surface area contributed by atoms with E-state index >= 15 is 0 Å². The number of fused-ring (bicyclic) bond motifs is 1. The first-order valence-electron chi connectivity index (χ1n) is 4.62. The topological polar surface area (TPSA) is 42.1 Å². The first kappa shape index (κ1) is 11.1. The van der Waals surface area contributed by atoms with Crippen molar-refractivity contribution < 1.29 is 9.13 Å². The summed E-state index contributed by atoms with van der Waals surface area (Å²) in [6.45, 7) is 0.219. The van der Waals surface area contributed by atoms with Crippen molar-refractivity contribution in [2.45, 2.75) is 6.61 Å². The number of aromatic nitrogens is 1. The van der Waals surface area contributed by atoms with E-state index in [0.717, 1.165) is 0 Å². The van der Waals surface area contributed by atoms with E-state index in [-0.39, 0.29) is 28.0 Å². The maximum atomic E-state index is 13.7. The highest BCUT2D eigenvalue weighted by molar-refractivity contribution is 6.31. The molecule has 0 radical (unpaired) electrons. The lowest BCUT2D eigenvalue weighted by Gasteiger charge is -2.05. The molecule has 1 aromatic carbocycles. The van der Waals surface area contributed by atoms with Gasteiger partial charge >= 0.3 is 0 Å². The third kappa shape index (κ3) is 1.81. The smallest absolute Gasteiger partial charge is 0.189 e. The summed E-state index contributed by atoms with van der Waals surface area (Å²) in [5.41, 5.74) is 0.379. The number of methoxy groups -OCH3 is 1. The van der Waals surface area contributed by atoms with Gasteiger partial charge in [-0.05, 0) is 12.1 Å². The van der Waals surface area contributed by atoms with Gasteiger partial charge in [0.1, 0.15) is 0 Å². The molecule has 1 aromatic heterocycles. The maximum Gasteiger partial charge on any atom is 0.189 e. The summed E-state index contributed by atoms with van der Waals surface area (Å²) in [7, 11) is 1.50. The van der Waals surface area contributed by atoms with Crippen LogP contribution in [0.5, 0.6) is 0 Å². The van der Waals surface area contributed by atoms with Crippen LogP contribution in [0.15, 0.2) is 23.0 Å². The molecule has 0 bridgehead atoms. The predicted octanol–water partition coefficient (Wildman–Crippen LogP) is 2.47. The highest BCUT2D eigenvalue weighted by Gasteiger charge is 2.09. The molecule has 2 aromatic rings. The van der Waals surface area contributed by atoms with Crippen LogP contribution in [0, 0.1) is 5.82 Å². The molecule has 16 heavy (non-hydrogen) atoms. The Morgan fingerprint density at radius 2 is 2.25 bits per heavy atom. The van der Waals surface area contributed by atoms with E-state index in [1.54, 1.807) is 0 Å². The average molecular weight is 242 g/mol. The molecule has 0 unspecified atom stereocenters. The number of halogens is 2. The fourth-order valence-corrected chi connectivity index (χ4v) is 1.70. The van der Waals surface area contributed by atoms with Gasteiger partial charge in [-0.1, -0.05) is 11.6 Å². The quantitative estimate of drug-likeness (QED) is 0.878. The van der Waals surface area contributed by atoms with Crippen molar-refractivity contribution in [3.63, 3.8) is 0 Å². The number of ether oxygens (including phenoxy) is 1. The Bertz CT molecular complexity index is 594. The van der Waals surface area contributed by atoms with Crippen molar-refractivity contribution in [3.05, 3.63) is 45.0 Å². The fourth-order valence-electron chi connectivity index (χ4n) is 1.54. The predicted molar refractivity (Wildman–Crippen MR) is 60.2 cm³/mol. The molecule has 84 valence electrons. The van der Waals surface area contributed by atoms with Crippen molar-refractivity contribution in [2.75, 3.05) is 7.11 Å². The minimum absolute atomic E-state index is 0.0160. The third-order valence-corrected chi connectivity index (χ3v) is 2.54. The van der Waals surface area contributed by atoms with E-state index < -0.39 is 5.82 Å². The highest BCUT2D eigenvalue weighted by Crippen LogP contribution is 2.21. The van der Waals surface area contributed by atoms with Crippen molar-refractivity contribution in [1.29, 1.82) is 0 Å².